The number of hydrogen-bond acceptors (Lipinski definition) is 8. The van der Waals surface area contributed by atoms with Crippen LogP contribution in [0.25, 0.3) is 0 Å². The van der Waals surface area contributed by atoms with Crippen LogP contribution in [0.1, 0.15) is 30.5 Å². The van der Waals surface area contributed by atoms with Gasteiger partial charge in [0, 0.05) is 31.4 Å². The maximum Gasteiger partial charge on any atom is 0.419 e. The Morgan fingerprint density at radius 3 is 2.58 bits per heavy atom. The summed E-state index contributed by atoms with van der Waals surface area (Å²) in [6.07, 6.45) is -2.11. The molecule has 2 aromatic rings. The van der Waals surface area contributed by atoms with Crippen molar-refractivity contribution in [3.63, 3.8) is 0 Å². The molecule has 1 amide bonds. The minimum atomic E-state index is -4.83. The topological polar surface area (TPSA) is 81.9 Å². The van der Waals surface area contributed by atoms with Crippen molar-refractivity contribution in [3.05, 3.63) is 47.5 Å². The zero-order valence-electron chi connectivity index (χ0n) is 20.2. The molecule has 0 N–H and O–H groups in total. The SMILES string of the molecule is N#Cc1ncc(N2C(=O)C3(CCC3)N(c3ccc(F)c(OCCN4CCOCC4)c3)C2S)cc1C(F)(F)F. The standard InChI is InChI=1S/C25H25F4N5O3S/c26-19-3-2-16(13-21(19)37-11-8-32-6-9-36-10-7-32)34-23(38)33(22(35)24(34)4-1-5-24)17-12-18(25(27,28)29)20(14-30)31-15-17/h2-3,12-13,15,23,38H,1,4-11H2. The van der Waals surface area contributed by atoms with Gasteiger partial charge in [0.2, 0.25) is 0 Å². The van der Waals surface area contributed by atoms with Crippen molar-refractivity contribution >= 4 is 29.9 Å². The van der Waals surface area contributed by atoms with Crippen molar-refractivity contribution in [2.45, 2.75) is 36.5 Å². The van der Waals surface area contributed by atoms with Crippen LogP contribution in [0.5, 0.6) is 5.75 Å². The molecule has 3 aliphatic rings. The summed E-state index contributed by atoms with van der Waals surface area (Å²) in [5, 5.41) is 9.08. The van der Waals surface area contributed by atoms with Gasteiger partial charge in [0.15, 0.2) is 22.8 Å². The fraction of sp³-hybridized carbons (Fsp3) is 0.480. The van der Waals surface area contributed by atoms with Gasteiger partial charge in [0.05, 0.1) is 30.7 Å². The van der Waals surface area contributed by atoms with Crippen molar-refractivity contribution in [2.75, 3.05) is 49.3 Å². The molecule has 38 heavy (non-hydrogen) atoms. The van der Waals surface area contributed by atoms with Gasteiger partial charge in [-0.15, -0.1) is 12.6 Å². The van der Waals surface area contributed by atoms with Gasteiger partial charge < -0.3 is 14.4 Å². The molecule has 1 aromatic carbocycles. The number of amides is 1. The summed E-state index contributed by atoms with van der Waals surface area (Å²) in [4.78, 5) is 22.3. The summed E-state index contributed by atoms with van der Waals surface area (Å²) >= 11 is 4.63. The second kappa shape index (κ2) is 10.2. The molecule has 5 rings (SSSR count). The Morgan fingerprint density at radius 2 is 1.95 bits per heavy atom. The number of pyridine rings is 1. The predicted octanol–water partition coefficient (Wildman–Crippen LogP) is 3.81. The van der Waals surface area contributed by atoms with Crippen LogP contribution in [0, 0.1) is 17.1 Å². The van der Waals surface area contributed by atoms with E-state index >= 15 is 0 Å². The number of rotatable bonds is 6. The number of anilines is 2. The molecule has 13 heteroatoms. The molecular formula is C25H25F4N5O3S. The molecule has 3 fully saturated rings. The van der Waals surface area contributed by atoms with Crippen LogP contribution >= 0.6 is 12.6 Å². The van der Waals surface area contributed by atoms with Gasteiger partial charge in [-0.2, -0.15) is 18.4 Å². The van der Waals surface area contributed by atoms with Crippen LogP contribution in [-0.2, 0) is 15.7 Å². The van der Waals surface area contributed by atoms with Crippen LogP contribution in [0.4, 0.5) is 28.9 Å². The first-order chi connectivity index (χ1) is 18.2. The maximum absolute atomic E-state index is 14.6. The third-order valence-corrected chi connectivity index (χ3v) is 7.71. The Morgan fingerprint density at radius 1 is 1.21 bits per heavy atom. The van der Waals surface area contributed by atoms with Gasteiger partial charge in [-0.1, -0.05) is 0 Å². The fourth-order valence-corrected chi connectivity index (χ4v) is 5.71. The summed E-state index contributed by atoms with van der Waals surface area (Å²) in [5.74, 6) is -0.985. The number of carbonyl (C=O) groups excluding carboxylic acids is 1. The second-order valence-electron chi connectivity index (χ2n) is 9.39. The van der Waals surface area contributed by atoms with E-state index in [4.69, 9.17) is 14.7 Å². The highest BCUT2D eigenvalue weighted by molar-refractivity contribution is 7.81. The van der Waals surface area contributed by atoms with Crippen molar-refractivity contribution in [1.29, 1.82) is 5.26 Å². The molecule has 8 nitrogen and oxygen atoms in total. The highest BCUT2D eigenvalue weighted by Gasteiger charge is 2.60. The molecule has 1 unspecified atom stereocenters. The molecule has 1 saturated carbocycles. The Balaban J connectivity index is 1.43. The first-order valence-electron chi connectivity index (χ1n) is 12.2. The van der Waals surface area contributed by atoms with E-state index in [1.807, 2.05) is 0 Å². The van der Waals surface area contributed by atoms with E-state index in [0.717, 1.165) is 36.7 Å². The number of nitrogens with zero attached hydrogens (tertiary/aromatic N) is 5. The molecule has 1 atom stereocenters. The molecule has 2 saturated heterocycles. The van der Waals surface area contributed by atoms with E-state index in [1.165, 1.54) is 24.3 Å². The van der Waals surface area contributed by atoms with Gasteiger partial charge in [-0.05, 0) is 37.5 Å². The zero-order valence-corrected chi connectivity index (χ0v) is 21.1. The number of alkyl halides is 3. The molecular weight excluding hydrogens is 526 g/mol. The summed E-state index contributed by atoms with van der Waals surface area (Å²) in [6, 6.07) is 6.42. The lowest BCUT2D eigenvalue weighted by atomic mass is 9.75. The molecule has 3 heterocycles. The number of hydrogen-bond donors (Lipinski definition) is 1. The normalized spacial score (nSPS) is 21.5. The van der Waals surface area contributed by atoms with Gasteiger partial charge in [0.25, 0.3) is 5.91 Å². The van der Waals surface area contributed by atoms with Crippen LogP contribution < -0.4 is 14.5 Å². The summed E-state index contributed by atoms with van der Waals surface area (Å²) in [7, 11) is 0. The smallest absolute Gasteiger partial charge is 0.419 e. The fourth-order valence-electron chi connectivity index (χ4n) is 5.12. The Kier molecular flexibility index (Phi) is 7.15. The van der Waals surface area contributed by atoms with E-state index in [0.29, 0.717) is 38.3 Å². The number of thiol groups is 1. The van der Waals surface area contributed by atoms with E-state index in [9.17, 15) is 22.4 Å². The molecule has 1 aromatic heterocycles. The molecule has 1 aliphatic carbocycles. The Hall–Kier alpha value is -3.08. The third-order valence-electron chi connectivity index (χ3n) is 7.25. The first-order valence-corrected chi connectivity index (χ1v) is 12.7. The average Bonchev–Trinajstić information content (AvgIpc) is 3.11. The highest BCUT2D eigenvalue weighted by atomic mass is 32.1. The largest absolute Gasteiger partial charge is 0.489 e. The van der Waals surface area contributed by atoms with E-state index < -0.39 is 40.2 Å². The lowest BCUT2D eigenvalue weighted by molar-refractivity contribution is -0.138. The van der Waals surface area contributed by atoms with Crippen molar-refractivity contribution in [2.24, 2.45) is 0 Å². The Labute approximate surface area is 222 Å². The van der Waals surface area contributed by atoms with Crippen LogP contribution in [0.15, 0.2) is 30.5 Å². The number of halogens is 4. The van der Waals surface area contributed by atoms with E-state index in [-0.39, 0.29) is 18.0 Å². The molecule has 202 valence electrons. The summed E-state index contributed by atoms with van der Waals surface area (Å²) in [5.41, 5.74) is -3.71. The monoisotopic (exact) mass is 551 g/mol. The third kappa shape index (κ3) is 4.65. The van der Waals surface area contributed by atoms with Gasteiger partial charge >= 0.3 is 6.18 Å². The van der Waals surface area contributed by atoms with Crippen LogP contribution in [0.3, 0.4) is 0 Å². The second-order valence-corrected chi connectivity index (χ2v) is 9.86. The number of ether oxygens (including phenoxy) is 2. The highest BCUT2D eigenvalue weighted by Crippen LogP contribution is 2.51. The molecule has 1 spiro atoms. The van der Waals surface area contributed by atoms with Crippen LogP contribution in [-0.4, -0.2) is 66.3 Å². The van der Waals surface area contributed by atoms with Crippen molar-refractivity contribution < 1.29 is 31.8 Å². The van der Waals surface area contributed by atoms with Crippen molar-refractivity contribution in [3.8, 4) is 11.8 Å². The lowest BCUT2D eigenvalue weighted by Gasteiger charge is -2.44. The molecule has 0 radical (unpaired) electrons. The first kappa shape index (κ1) is 26.5. The number of benzene rings is 1. The van der Waals surface area contributed by atoms with E-state index in [2.05, 4.69) is 22.5 Å². The summed E-state index contributed by atoms with van der Waals surface area (Å²) < 4.78 is 66.5. The molecule has 2 aliphatic heterocycles. The maximum atomic E-state index is 14.6. The van der Waals surface area contributed by atoms with Crippen LogP contribution in [0.2, 0.25) is 0 Å². The predicted molar refractivity (Wildman–Crippen MR) is 132 cm³/mol. The number of carbonyl (C=O) groups is 1. The van der Waals surface area contributed by atoms with Crippen molar-refractivity contribution in [1.82, 2.24) is 9.88 Å². The quantitative estimate of drug-likeness (QED) is 0.432. The molecule has 0 bridgehead atoms. The number of morpholine rings is 1. The van der Waals surface area contributed by atoms with Gasteiger partial charge in [-0.3, -0.25) is 14.6 Å². The minimum absolute atomic E-state index is 0.0102. The lowest BCUT2D eigenvalue weighted by Crippen LogP contribution is -2.55. The zero-order chi connectivity index (χ0) is 27.1. The minimum Gasteiger partial charge on any atom is -0.489 e. The Bertz CT molecular complexity index is 1260. The van der Waals surface area contributed by atoms with Gasteiger partial charge in [-0.25, -0.2) is 9.37 Å². The number of nitriles is 1. The average molecular weight is 552 g/mol. The van der Waals surface area contributed by atoms with Gasteiger partial charge in [0.1, 0.15) is 18.2 Å². The summed E-state index contributed by atoms with van der Waals surface area (Å²) in [6.45, 7) is 3.64. The van der Waals surface area contributed by atoms with E-state index in [1.54, 1.807) is 4.90 Å². The number of aromatic nitrogens is 1.